The SMILES string of the molecule is O=C(CCC1CCCC1)Nc1ccc(F)c(-c2nnc3n2CCCCC3)c1. The van der Waals surface area contributed by atoms with Crippen molar-refractivity contribution < 1.29 is 9.18 Å². The van der Waals surface area contributed by atoms with Crippen molar-refractivity contribution in [3.63, 3.8) is 0 Å². The Balaban J connectivity index is 1.48. The number of hydrogen-bond donors (Lipinski definition) is 1. The zero-order valence-electron chi connectivity index (χ0n) is 15.7. The molecule has 0 unspecified atom stereocenters. The largest absolute Gasteiger partial charge is 0.326 e. The minimum absolute atomic E-state index is 0.000435. The lowest BCUT2D eigenvalue weighted by atomic mass is 10.0. The van der Waals surface area contributed by atoms with E-state index in [9.17, 15) is 9.18 Å². The van der Waals surface area contributed by atoms with Gasteiger partial charge < -0.3 is 9.88 Å². The smallest absolute Gasteiger partial charge is 0.224 e. The summed E-state index contributed by atoms with van der Waals surface area (Å²) in [6.45, 7) is 0.815. The molecule has 0 bridgehead atoms. The van der Waals surface area contributed by atoms with E-state index in [1.807, 2.05) is 4.57 Å². The maximum absolute atomic E-state index is 14.5. The minimum atomic E-state index is -0.335. The van der Waals surface area contributed by atoms with E-state index < -0.39 is 0 Å². The molecule has 1 aliphatic carbocycles. The van der Waals surface area contributed by atoms with Crippen LogP contribution < -0.4 is 5.32 Å². The zero-order chi connectivity index (χ0) is 18.6. The Labute approximate surface area is 159 Å². The van der Waals surface area contributed by atoms with Crippen molar-refractivity contribution in [2.24, 2.45) is 5.92 Å². The summed E-state index contributed by atoms with van der Waals surface area (Å²) in [5, 5.41) is 11.4. The Hall–Kier alpha value is -2.24. The summed E-state index contributed by atoms with van der Waals surface area (Å²) in [5.74, 6) is 1.84. The molecule has 1 aromatic carbocycles. The molecule has 0 spiro atoms. The van der Waals surface area contributed by atoms with Crippen molar-refractivity contribution in [3.8, 4) is 11.4 Å². The van der Waals surface area contributed by atoms with Crippen LogP contribution in [0.1, 0.15) is 63.6 Å². The van der Waals surface area contributed by atoms with Gasteiger partial charge in [0.2, 0.25) is 5.91 Å². The van der Waals surface area contributed by atoms with Gasteiger partial charge in [-0.2, -0.15) is 0 Å². The van der Waals surface area contributed by atoms with E-state index in [2.05, 4.69) is 15.5 Å². The molecule has 1 aromatic heterocycles. The molecule has 2 aliphatic rings. The highest BCUT2D eigenvalue weighted by Gasteiger charge is 2.20. The molecule has 4 rings (SSSR count). The van der Waals surface area contributed by atoms with E-state index in [0.29, 0.717) is 29.4 Å². The topological polar surface area (TPSA) is 59.8 Å². The molecule has 6 heteroatoms. The van der Waals surface area contributed by atoms with E-state index in [4.69, 9.17) is 0 Å². The first-order chi connectivity index (χ1) is 13.2. The molecule has 1 N–H and O–H groups in total. The van der Waals surface area contributed by atoms with Gasteiger partial charge in [-0.25, -0.2) is 4.39 Å². The summed E-state index contributed by atoms with van der Waals surface area (Å²) in [5.41, 5.74) is 1.03. The molecule has 2 aromatic rings. The molecular weight excluding hydrogens is 343 g/mol. The predicted molar refractivity (Wildman–Crippen MR) is 103 cm³/mol. The van der Waals surface area contributed by atoms with Crippen molar-refractivity contribution in [2.75, 3.05) is 5.32 Å². The monoisotopic (exact) mass is 370 g/mol. The van der Waals surface area contributed by atoms with Crippen molar-refractivity contribution in [2.45, 2.75) is 70.8 Å². The molecule has 5 nitrogen and oxygen atoms in total. The zero-order valence-corrected chi connectivity index (χ0v) is 15.7. The van der Waals surface area contributed by atoms with Crippen LogP contribution >= 0.6 is 0 Å². The summed E-state index contributed by atoms with van der Waals surface area (Å²) < 4.78 is 16.5. The standard InChI is InChI=1S/C21H27FN4O/c22-18-11-10-16(23-20(27)12-9-15-6-3-4-7-15)14-17(18)21-25-24-19-8-2-1-5-13-26(19)21/h10-11,14-15H,1-9,12-13H2,(H,23,27). The van der Waals surface area contributed by atoms with Crippen LogP contribution in [0.15, 0.2) is 18.2 Å². The lowest BCUT2D eigenvalue weighted by Gasteiger charge is -2.11. The summed E-state index contributed by atoms with van der Waals surface area (Å²) in [7, 11) is 0. The third-order valence-corrected chi connectivity index (χ3v) is 5.85. The van der Waals surface area contributed by atoms with Crippen LogP contribution in [0.5, 0.6) is 0 Å². The van der Waals surface area contributed by atoms with Gasteiger partial charge in [0.15, 0.2) is 5.82 Å². The summed E-state index contributed by atoms with van der Waals surface area (Å²) >= 11 is 0. The predicted octanol–water partition coefficient (Wildman–Crippen LogP) is 4.72. The first-order valence-electron chi connectivity index (χ1n) is 10.2. The Bertz CT molecular complexity index is 811. The Kier molecular flexibility index (Phi) is 5.50. The molecule has 0 saturated heterocycles. The van der Waals surface area contributed by atoms with E-state index >= 15 is 0 Å². The molecule has 1 saturated carbocycles. The van der Waals surface area contributed by atoms with E-state index in [1.165, 1.54) is 31.7 Å². The normalized spacial score (nSPS) is 17.5. The van der Waals surface area contributed by atoms with Crippen LogP contribution in [-0.4, -0.2) is 20.7 Å². The summed E-state index contributed by atoms with van der Waals surface area (Å²) in [4.78, 5) is 12.3. The number of hydrogen-bond acceptors (Lipinski definition) is 3. The maximum atomic E-state index is 14.5. The van der Waals surface area contributed by atoms with Crippen LogP contribution in [0.25, 0.3) is 11.4 Å². The van der Waals surface area contributed by atoms with Gasteiger partial charge in [-0.3, -0.25) is 4.79 Å². The third-order valence-electron chi connectivity index (χ3n) is 5.85. The highest BCUT2D eigenvalue weighted by Crippen LogP contribution is 2.30. The fourth-order valence-corrected chi connectivity index (χ4v) is 4.32. The van der Waals surface area contributed by atoms with Crippen molar-refractivity contribution in [1.82, 2.24) is 14.8 Å². The number of nitrogens with one attached hydrogen (secondary N) is 1. The van der Waals surface area contributed by atoms with Crippen LogP contribution in [0.3, 0.4) is 0 Å². The van der Waals surface area contributed by atoms with Gasteiger partial charge in [0.05, 0.1) is 5.56 Å². The van der Waals surface area contributed by atoms with Crippen molar-refractivity contribution >= 4 is 11.6 Å². The minimum Gasteiger partial charge on any atom is -0.326 e. The average molecular weight is 370 g/mol. The number of rotatable bonds is 5. The summed E-state index contributed by atoms with van der Waals surface area (Å²) in [6, 6.07) is 4.71. The first-order valence-corrected chi connectivity index (χ1v) is 10.2. The molecule has 1 fully saturated rings. The van der Waals surface area contributed by atoms with Crippen LogP contribution in [0.4, 0.5) is 10.1 Å². The first kappa shape index (κ1) is 18.1. The highest BCUT2D eigenvalue weighted by atomic mass is 19.1. The van der Waals surface area contributed by atoms with E-state index in [-0.39, 0.29) is 11.7 Å². The lowest BCUT2D eigenvalue weighted by Crippen LogP contribution is -2.13. The van der Waals surface area contributed by atoms with Crippen LogP contribution in [-0.2, 0) is 17.8 Å². The molecule has 144 valence electrons. The number of anilines is 1. The van der Waals surface area contributed by atoms with Crippen LogP contribution in [0, 0.1) is 11.7 Å². The third kappa shape index (κ3) is 4.20. The Morgan fingerprint density at radius 3 is 2.85 bits per heavy atom. The number of benzene rings is 1. The second-order valence-electron chi connectivity index (χ2n) is 7.83. The van der Waals surface area contributed by atoms with Gasteiger partial charge in [0, 0.05) is 25.1 Å². The number of amides is 1. The molecule has 2 heterocycles. The molecule has 1 aliphatic heterocycles. The number of nitrogens with zero attached hydrogens (tertiary/aromatic N) is 3. The fraction of sp³-hybridized carbons (Fsp3) is 0.571. The van der Waals surface area contributed by atoms with Gasteiger partial charge in [-0.1, -0.05) is 32.1 Å². The van der Waals surface area contributed by atoms with Gasteiger partial charge in [0.1, 0.15) is 11.6 Å². The number of aryl methyl sites for hydroxylation is 1. The average Bonchev–Trinajstić information content (AvgIpc) is 3.27. The van der Waals surface area contributed by atoms with Crippen molar-refractivity contribution in [1.29, 1.82) is 0 Å². The molecule has 0 atom stereocenters. The Morgan fingerprint density at radius 2 is 2.00 bits per heavy atom. The molecular formula is C21H27FN4O. The number of carbonyl (C=O) groups is 1. The molecule has 27 heavy (non-hydrogen) atoms. The van der Waals surface area contributed by atoms with Gasteiger partial charge in [-0.05, 0) is 43.4 Å². The fourth-order valence-electron chi connectivity index (χ4n) is 4.32. The Morgan fingerprint density at radius 1 is 1.15 bits per heavy atom. The van der Waals surface area contributed by atoms with Crippen LogP contribution in [0.2, 0.25) is 0 Å². The number of halogens is 1. The molecule has 1 amide bonds. The number of aromatic nitrogens is 3. The highest BCUT2D eigenvalue weighted by molar-refractivity contribution is 5.91. The quantitative estimate of drug-likeness (QED) is 0.828. The van der Waals surface area contributed by atoms with Gasteiger partial charge >= 0.3 is 0 Å². The number of fused-ring (bicyclic) bond motifs is 1. The summed E-state index contributed by atoms with van der Waals surface area (Å²) in [6.07, 6.45) is 10.7. The second kappa shape index (κ2) is 8.19. The molecule has 0 radical (unpaired) electrons. The second-order valence-corrected chi connectivity index (χ2v) is 7.83. The van der Waals surface area contributed by atoms with Gasteiger partial charge in [0.25, 0.3) is 0 Å². The van der Waals surface area contributed by atoms with E-state index in [1.54, 1.807) is 12.1 Å². The lowest BCUT2D eigenvalue weighted by molar-refractivity contribution is -0.116. The van der Waals surface area contributed by atoms with Crippen molar-refractivity contribution in [3.05, 3.63) is 29.8 Å². The maximum Gasteiger partial charge on any atom is 0.224 e. The van der Waals surface area contributed by atoms with Gasteiger partial charge in [-0.15, -0.1) is 10.2 Å². The number of carbonyl (C=O) groups excluding carboxylic acids is 1. The van der Waals surface area contributed by atoms with E-state index in [0.717, 1.165) is 44.5 Å².